The van der Waals surface area contributed by atoms with Crippen LogP contribution in [0.4, 0.5) is 0 Å². The van der Waals surface area contributed by atoms with Crippen LogP contribution in [0.25, 0.3) is 0 Å². The van der Waals surface area contributed by atoms with Crippen molar-refractivity contribution in [3.8, 4) is 0 Å². The van der Waals surface area contributed by atoms with E-state index in [1.54, 1.807) is 0 Å². The van der Waals surface area contributed by atoms with E-state index < -0.39 is 0 Å². The Kier molecular flexibility index (Phi) is 3.69. The second-order valence-electron chi connectivity index (χ2n) is 4.47. The lowest BCUT2D eigenvalue weighted by Gasteiger charge is -2.36. The summed E-state index contributed by atoms with van der Waals surface area (Å²) in [6, 6.07) is 5.88. The molecule has 0 aromatic heterocycles. The Labute approximate surface area is 120 Å². The lowest BCUT2D eigenvalue weighted by Crippen LogP contribution is -2.47. The van der Waals surface area contributed by atoms with Crippen molar-refractivity contribution in [3.63, 3.8) is 0 Å². The largest absolute Gasteiger partial charge is 0.370 e. The van der Waals surface area contributed by atoms with Crippen LogP contribution in [0.1, 0.15) is 12.5 Å². The maximum atomic E-state index is 6.34. The van der Waals surface area contributed by atoms with Crippen LogP contribution in [-0.2, 0) is 5.54 Å². The smallest absolute Gasteiger partial charge is 0.192 e. The summed E-state index contributed by atoms with van der Waals surface area (Å²) in [6.07, 6.45) is 1.82. The van der Waals surface area contributed by atoms with Crippen LogP contribution >= 0.6 is 27.5 Å². The standard InChI is InChI=1S/C13H15BrClN3/c1-3-6-18-12(16)17-8-13(18,2)10-5-4-9(14)7-11(10)15/h3-5,7H,1,6,8H2,2H3,(H2,16,17). The zero-order valence-electron chi connectivity index (χ0n) is 10.2. The molecule has 5 heteroatoms. The molecule has 0 amide bonds. The van der Waals surface area contributed by atoms with Crippen LogP contribution in [0.15, 0.2) is 40.3 Å². The van der Waals surface area contributed by atoms with Gasteiger partial charge in [-0.05, 0) is 24.6 Å². The minimum atomic E-state index is -0.309. The molecule has 18 heavy (non-hydrogen) atoms. The van der Waals surface area contributed by atoms with E-state index in [1.165, 1.54) is 0 Å². The third-order valence-corrected chi connectivity index (χ3v) is 4.05. The van der Waals surface area contributed by atoms with Crippen molar-refractivity contribution in [2.24, 2.45) is 10.7 Å². The lowest BCUT2D eigenvalue weighted by molar-refractivity contribution is 0.245. The van der Waals surface area contributed by atoms with Gasteiger partial charge in [-0.15, -0.1) is 6.58 Å². The van der Waals surface area contributed by atoms with Crippen molar-refractivity contribution < 1.29 is 0 Å². The second kappa shape index (κ2) is 4.94. The van der Waals surface area contributed by atoms with E-state index in [1.807, 2.05) is 29.2 Å². The summed E-state index contributed by atoms with van der Waals surface area (Å²) in [5.41, 5.74) is 6.65. The van der Waals surface area contributed by atoms with Crippen LogP contribution in [-0.4, -0.2) is 23.9 Å². The zero-order chi connectivity index (χ0) is 13.3. The van der Waals surface area contributed by atoms with Gasteiger partial charge in [0.15, 0.2) is 5.96 Å². The Bertz CT molecular complexity index is 515. The van der Waals surface area contributed by atoms with Crippen molar-refractivity contribution in [1.29, 1.82) is 0 Å². The van der Waals surface area contributed by atoms with Crippen LogP contribution in [0.2, 0.25) is 5.02 Å². The SMILES string of the molecule is C=CCN1C(N)=NCC1(C)c1ccc(Br)cc1Cl. The number of hydrogen-bond donors (Lipinski definition) is 1. The van der Waals surface area contributed by atoms with Crippen LogP contribution in [0, 0.1) is 0 Å². The zero-order valence-corrected chi connectivity index (χ0v) is 12.5. The minimum Gasteiger partial charge on any atom is -0.370 e. The highest BCUT2D eigenvalue weighted by Gasteiger charge is 2.40. The number of nitrogens with zero attached hydrogens (tertiary/aromatic N) is 2. The first-order valence-corrected chi connectivity index (χ1v) is 6.80. The van der Waals surface area contributed by atoms with Crippen molar-refractivity contribution in [3.05, 3.63) is 45.9 Å². The summed E-state index contributed by atoms with van der Waals surface area (Å²) in [5.74, 6) is 0.538. The number of halogens is 2. The van der Waals surface area contributed by atoms with Crippen LogP contribution < -0.4 is 5.73 Å². The quantitative estimate of drug-likeness (QED) is 0.866. The van der Waals surface area contributed by atoms with E-state index in [4.69, 9.17) is 17.3 Å². The molecular formula is C13H15BrClN3. The molecule has 1 aromatic rings. The van der Waals surface area contributed by atoms with Gasteiger partial charge in [-0.3, -0.25) is 4.99 Å². The molecule has 0 saturated heterocycles. The number of hydrogen-bond acceptors (Lipinski definition) is 3. The molecule has 0 saturated carbocycles. The Balaban J connectivity index is 2.45. The monoisotopic (exact) mass is 327 g/mol. The van der Waals surface area contributed by atoms with Crippen molar-refractivity contribution in [1.82, 2.24) is 4.90 Å². The number of guanidine groups is 1. The first kappa shape index (κ1) is 13.4. The Hall–Kier alpha value is -1.000. The Morgan fingerprint density at radius 3 is 3.00 bits per heavy atom. The fraction of sp³-hybridized carbons (Fsp3) is 0.308. The normalized spacial score (nSPS) is 23.1. The second-order valence-corrected chi connectivity index (χ2v) is 5.79. The molecule has 2 rings (SSSR count). The van der Waals surface area contributed by atoms with E-state index in [9.17, 15) is 0 Å². The predicted octanol–water partition coefficient (Wildman–Crippen LogP) is 3.13. The third kappa shape index (κ3) is 2.15. The maximum Gasteiger partial charge on any atom is 0.192 e. The summed E-state index contributed by atoms with van der Waals surface area (Å²) in [4.78, 5) is 6.35. The Morgan fingerprint density at radius 1 is 1.67 bits per heavy atom. The number of benzene rings is 1. The molecule has 3 nitrogen and oxygen atoms in total. The molecule has 0 spiro atoms. The summed E-state index contributed by atoms with van der Waals surface area (Å²) in [5, 5.41) is 0.714. The Morgan fingerprint density at radius 2 is 2.39 bits per heavy atom. The molecule has 0 fully saturated rings. The van der Waals surface area contributed by atoms with E-state index in [0.29, 0.717) is 24.1 Å². The molecule has 96 valence electrons. The van der Waals surface area contributed by atoms with Gasteiger partial charge in [-0.25, -0.2) is 0 Å². The molecule has 1 unspecified atom stereocenters. The average molecular weight is 329 g/mol. The van der Waals surface area contributed by atoms with Gasteiger partial charge >= 0.3 is 0 Å². The molecule has 0 aliphatic carbocycles. The van der Waals surface area contributed by atoms with E-state index in [-0.39, 0.29) is 5.54 Å². The number of nitrogens with two attached hydrogens (primary N) is 1. The lowest BCUT2D eigenvalue weighted by atomic mass is 9.91. The van der Waals surface area contributed by atoms with E-state index in [0.717, 1.165) is 10.0 Å². The first-order chi connectivity index (χ1) is 8.49. The van der Waals surface area contributed by atoms with Gasteiger partial charge in [0.2, 0.25) is 0 Å². The number of aliphatic imine (C=N–C) groups is 1. The highest BCUT2D eigenvalue weighted by atomic mass is 79.9. The van der Waals surface area contributed by atoms with Gasteiger partial charge in [0.1, 0.15) is 0 Å². The average Bonchev–Trinajstić information content (AvgIpc) is 2.58. The van der Waals surface area contributed by atoms with Crippen LogP contribution in [0.5, 0.6) is 0 Å². The van der Waals surface area contributed by atoms with Crippen molar-refractivity contribution >= 4 is 33.5 Å². The fourth-order valence-corrected chi connectivity index (χ4v) is 3.12. The third-order valence-electron chi connectivity index (χ3n) is 3.24. The highest BCUT2D eigenvalue weighted by Crippen LogP contribution is 2.37. The predicted molar refractivity (Wildman–Crippen MR) is 79.9 cm³/mol. The van der Waals surface area contributed by atoms with Crippen molar-refractivity contribution in [2.75, 3.05) is 13.1 Å². The topological polar surface area (TPSA) is 41.6 Å². The molecule has 0 radical (unpaired) electrons. The van der Waals surface area contributed by atoms with Crippen LogP contribution in [0.3, 0.4) is 0 Å². The highest BCUT2D eigenvalue weighted by molar-refractivity contribution is 9.10. The van der Waals surface area contributed by atoms with E-state index >= 15 is 0 Å². The summed E-state index contributed by atoms with van der Waals surface area (Å²) in [7, 11) is 0. The molecule has 1 aliphatic rings. The van der Waals surface area contributed by atoms with E-state index in [2.05, 4.69) is 34.4 Å². The molecule has 2 N–H and O–H groups in total. The van der Waals surface area contributed by atoms with Gasteiger partial charge in [-0.2, -0.15) is 0 Å². The molecule has 1 heterocycles. The molecular weight excluding hydrogens is 314 g/mol. The summed E-state index contributed by atoms with van der Waals surface area (Å²) in [6.45, 7) is 7.11. The fourth-order valence-electron chi connectivity index (χ4n) is 2.24. The molecule has 0 bridgehead atoms. The van der Waals surface area contributed by atoms with Gasteiger partial charge in [0, 0.05) is 16.0 Å². The van der Waals surface area contributed by atoms with Gasteiger partial charge in [0.05, 0.1) is 12.1 Å². The van der Waals surface area contributed by atoms with Gasteiger partial charge in [0.25, 0.3) is 0 Å². The van der Waals surface area contributed by atoms with Crippen molar-refractivity contribution in [2.45, 2.75) is 12.5 Å². The van der Waals surface area contributed by atoms with Gasteiger partial charge < -0.3 is 10.6 Å². The molecule has 1 aromatic carbocycles. The maximum absolute atomic E-state index is 6.34. The summed E-state index contributed by atoms with van der Waals surface area (Å²) >= 11 is 9.75. The minimum absolute atomic E-state index is 0.309. The molecule has 1 aliphatic heterocycles. The number of rotatable bonds is 3. The first-order valence-electron chi connectivity index (χ1n) is 5.63. The van der Waals surface area contributed by atoms with Gasteiger partial charge in [-0.1, -0.05) is 39.7 Å². The summed E-state index contributed by atoms with van der Waals surface area (Å²) < 4.78 is 0.960. The molecule has 1 atom stereocenters.